The summed E-state index contributed by atoms with van der Waals surface area (Å²) in [7, 11) is 3.90. The first-order valence-electron chi connectivity index (χ1n) is 26.1. The van der Waals surface area contributed by atoms with Gasteiger partial charge in [0.05, 0.1) is 18.7 Å². The van der Waals surface area contributed by atoms with Gasteiger partial charge in [0.2, 0.25) is 11.8 Å². The summed E-state index contributed by atoms with van der Waals surface area (Å²) in [6, 6.07) is 0. The number of unbranched alkanes of at least 4 members (excludes halogenated alkanes) is 20. The van der Waals surface area contributed by atoms with Crippen molar-refractivity contribution in [2.45, 2.75) is 239 Å². The zero-order valence-electron chi connectivity index (χ0n) is 41.4. The van der Waals surface area contributed by atoms with Crippen LogP contribution in [0.1, 0.15) is 241 Å². The van der Waals surface area contributed by atoms with Crippen LogP contribution in [0.4, 0.5) is 5.00 Å². The smallest absolute Gasteiger partial charge is 0.306 e. The topological polar surface area (TPSA) is 134 Å². The van der Waals surface area contributed by atoms with Gasteiger partial charge >= 0.3 is 11.9 Å². The van der Waals surface area contributed by atoms with E-state index in [1.807, 2.05) is 23.9 Å². The van der Waals surface area contributed by atoms with E-state index in [4.69, 9.17) is 9.47 Å². The van der Waals surface area contributed by atoms with Gasteiger partial charge in [-0.2, -0.15) is 0 Å². The summed E-state index contributed by atoms with van der Waals surface area (Å²) < 4.78 is 11.4. The Hall–Kier alpha value is -2.99. The highest BCUT2D eigenvalue weighted by atomic mass is 32.1. The lowest BCUT2D eigenvalue weighted by Crippen LogP contribution is -2.36. The third-order valence-corrected chi connectivity index (χ3v) is 13.5. The molecular formula is C52H92N4O7S. The molecule has 11 nitrogen and oxygen atoms in total. The number of hydrogen-bond donors (Lipinski definition) is 2. The molecule has 1 aliphatic heterocycles. The molecule has 368 valence electrons. The molecule has 1 aromatic rings. The lowest BCUT2D eigenvalue weighted by Gasteiger charge is -2.27. The Morgan fingerprint density at radius 1 is 0.641 bits per heavy atom. The van der Waals surface area contributed by atoms with E-state index in [0.717, 1.165) is 49.0 Å². The summed E-state index contributed by atoms with van der Waals surface area (Å²) in [5, 5.41) is 6.56. The molecule has 0 fully saturated rings. The fourth-order valence-corrected chi connectivity index (χ4v) is 9.63. The first-order valence-corrected chi connectivity index (χ1v) is 26.9. The highest BCUT2D eigenvalue weighted by Gasteiger charge is 2.30. The predicted octanol–water partition coefficient (Wildman–Crippen LogP) is 12.5. The lowest BCUT2D eigenvalue weighted by atomic mass is 10.0. The molecular weight excluding hydrogens is 825 g/mol. The summed E-state index contributed by atoms with van der Waals surface area (Å²) >= 11 is 1.37. The monoisotopic (exact) mass is 917 g/mol. The minimum atomic E-state index is -0.224. The van der Waals surface area contributed by atoms with Gasteiger partial charge < -0.3 is 29.9 Å². The molecule has 12 heteroatoms. The predicted molar refractivity (Wildman–Crippen MR) is 264 cm³/mol. The molecule has 1 aromatic heterocycles. The second-order valence-corrected chi connectivity index (χ2v) is 19.7. The van der Waals surface area contributed by atoms with Gasteiger partial charge in [-0.1, -0.05) is 136 Å². The molecule has 0 spiro atoms. The average Bonchev–Trinajstić information content (AvgIpc) is 3.63. The highest BCUT2D eigenvalue weighted by molar-refractivity contribution is 7.17. The van der Waals surface area contributed by atoms with E-state index >= 15 is 0 Å². The van der Waals surface area contributed by atoms with Gasteiger partial charge in [-0.15, -0.1) is 11.3 Å². The number of rotatable bonds is 40. The van der Waals surface area contributed by atoms with E-state index in [-0.39, 0.29) is 48.6 Å². The van der Waals surface area contributed by atoms with E-state index in [0.29, 0.717) is 88.3 Å². The molecule has 2 rings (SSSR count). The van der Waals surface area contributed by atoms with Crippen molar-refractivity contribution in [1.82, 2.24) is 15.1 Å². The second-order valence-electron chi connectivity index (χ2n) is 18.6. The molecule has 0 saturated carbocycles. The number of anilines is 1. The van der Waals surface area contributed by atoms with Crippen LogP contribution in [0.3, 0.4) is 0 Å². The Labute approximate surface area is 393 Å². The Kier molecular flexibility index (Phi) is 33.2. The van der Waals surface area contributed by atoms with Crippen molar-refractivity contribution in [3.05, 3.63) is 16.0 Å². The zero-order valence-corrected chi connectivity index (χ0v) is 42.2. The van der Waals surface area contributed by atoms with Crippen LogP contribution in [0.25, 0.3) is 0 Å². The van der Waals surface area contributed by atoms with Crippen LogP contribution < -0.4 is 10.6 Å². The molecule has 1 aliphatic rings. The number of carbonyl (C=O) groups is 5. The van der Waals surface area contributed by atoms with Gasteiger partial charge in [0, 0.05) is 50.2 Å². The number of hydrogen-bond acceptors (Lipinski definition) is 9. The zero-order chi connectivity index (χ0) is 46.6. The van der Waals surface area contributed by atoms with Crippen LogP contribution >= 0.6 is 11.3 Å². The number of esters is 2. The largest absolute Gasteiger partial charge is 0.466 e. The maximum atomic E-state index is 13.6. The number of thiophene rings is 1. The van der Waals surface area contributed by atoms with Crippen molar-refractivity contribution in [2.75, 3.05) is 45.7 Å². The summed E-state index contributed by atoms with van der Waals surface area (Å²) in [6.45, 7) is 9.19. The normalized spacial score (nSPS) is 12.5. The molecule has 0 radical (unpaired) electrons. The van der Waals surface area contributed by atoms with E-state index < -0.39 is 0 Å². The summed E-state index contributed by atoms with van der Waals surface area (Å²) in [6.07, 6.45) is 31.4. The Balaban J connectivity index is 1.84. The van der Waals surface area contributed by atoms with E-state index in [2.05, 4.69) is 31.4 Å². The molecule has 0 aliphatic carbocycles. The standard InChI is InChI=1S/C52H92N4O7S/c1-6-9-12-15-18-19-20-23-30-41-62-48(59)35-29-27-34-47(58)56-39-37-44-45(42-56)64-52(50(44)51(61)53-38-40-55(4)5)54-46(57)33-26-28-36-49(60)63-43(31-24-21-16-13-10-7-2)32-25-22-17-14-11-8-3/h43H,6-42H2,1-5H3,(H,53,61)(H,54,57). The van der Waals surface area contributed by atoms with Crippen molar-refractivity contribution in [3.8, 4) is 0 Å². The summed E-state index contributed by atoms with van der Waals surface area (Å²) in [4.78, 5) is 70.2. The van der Waals surface area contributed by atoms with Gasteiger partial charge in [-0.3, -0.25) is 24.0 Å². The van der Waals surface area contributed by atoms with Gasteiger partial charge in [-0.05, 0) is 83.9 Å². The van der Waals surface area contributed by atoms with Crippen molar-refractivity contribution in [2.24, 2.45) is 0 Å². The number of amides is 3. The molecule has 2 N–H and O–H groups in total. The fourth-order valence-electron chi connectivity index (χ4n) is 8.36. The number of fused-ring (bicyclic) bond motifs is 1. The SMILES string of the molecule is CCCCCCCCCCCOC(=O)CCCCC(=O)N1CCc2c(sc(NC(=O)CCCCC(=O)OC(CCCCCCCC)CCCCCCCC)c2C(=O)NCCN(C)C)C1. The quantitative estimate of drug-likeness (QED) is 0.0491. The van der Waals surface area contributed by atoms with Gasteiger partial charge in [-0.25, -0.2) is 0 Å². The van der Waals surface area contributed by atoms with Crippen LogP contribution in [-0.4, -0.2) is 85.9 Å². The average molecular weight is 917 g/mol. The molecule has 2 heterocycles. The number of nitrogens with zero attached hydrogens (tertiary/aromatic N) is 2. The second kappa shape index (κ2) is 37.1. The van der Waals surface area contributed by atoms with Crippen molar-refractivity contribution >= 4 is 46.0 Å². The highest BCUT2D eigenvalue weighted by Crippen LogP contribution is 2.37. The van der Waals surface area contributed by atoms with E-state index in [1.165, 1.54) is 120 Å². The van der Waals surface area contributed by atoms with Gasteiger partial charge in [0.25, 0.3) is 5.91 Å². The van der Waals surface area contributed by atoms with Crippen molar-refractivity contribution < 1.29 is 33.4 Å². The molecule has 0 unspecified atom stereocenters. The number of carbonyl (C=O) groups excluding carboxylic acids is 5. The Bertz CT molecular complexity index is 1420. The first-order chi connectivity index (χ1) is 31.1. The number of likely N-dealkylation sites (N-methyl/N-ethyl adjacent to an activating group) is 1. The molecule has 3 amide bonds. The third kappa shape index (κ3) is 26.8. The fraction of sp³-hybridized carbons (Fsp3) is 0.827. The molecule has 0 saturated heterocycles. The van der Waals surface area contributed by atoms with E-state index in [1.54, 1.807) is 0 Å². The number of ether oxygens (including phenoxy) is 2. The van der Waals surface area contributed by atoms with Crippen LogP contribution in [0.15, 0.2) is 0 Å². The maximum absolute atomic E-state index is 13.6. The Morgan fingerprint density at radius 2 is 1.16 bits per heavy atom. The van der Waals surface area contributed by atoms with Crippen LogP contribution in [0.2, 0.25) is 0 Å². The Morgan fingerprint density at radius 3 is 1.73 bits per heavy atom. The summed E-state index contributed by atoms with van der Waals surface area (Å²) in [5.74, 6) is -0.759. The lowest BCUT2D eigenvalue weighted by molar-refractivity contribution is -0.150. The summed E-state index contributed by atoms with van der Waals surface area (Å²) in [5.41, 5.74) is 1.38. The van der Waals surface area contributed by atoms with Crippen LogP contribution in [0, 0.1) is 0 Å². The third-order valence-electron chi connectivity index (χ3n) is 12.4. The first kappa shape index (κ1) is 57.1. The van der Waals surface area contributed by atoms with E-state index in [9.17, 15) is 24.0 Å². The molecule has 0 bridgehead atoms. The molecule has 64 heavy (non-hydrogen) atoms. The minimum Gasteiger partial charge on any atom is -0.466 e. The van der Waals surface area contributed by atoms with Crippen molar-refractivity contribution in [3.63, 3.8) is 0 Å². The minimum absolute atomic E-state index is 0.0266. The van der Waals surface area contributed by atoms with Gasteiger partial charge in [0.1, 0.15) is 11.1 Å². The van der Waals surface area contributed by atoms with Gasteiger partial charge in [0.15, 0.2) is 0 Å². The number of nitrogens with one attached hydrogen (secondary N) is 2. The molecule has 0 aromatic carbocycles. The molecule has 0 atom stereocenters. The maximum Gasteiger partial charge on any atom is 0.306 e. The van der Waals surface area contributed by atoms with Crippen LogP contribution in [0.5, 0.6) is 0 Å². The van der Waals surface area contributed by atoms with Crippen molar-refractivity contribution in [1.29, 1.82) is 0 Å². The van der Waals surface area contributed by atoms with Crippen LogP contribution in [-0.2, 0) is 41.6 Å².